The van der Waals surface area contributed by atoms with Crippen molar-refractivity contribution in [3.63, 3.8) is 0 Å². The van der Waals surface area contributed by atoms with Crippen LogP contribution in [0.5, 0.6) is 0 Å². The van der Waals surface area contributed by atoms with Crippen molar-refractivity contribution in [1.29, 1.82) is 0 Å². The van der Waals surface area contributed by atoms with Crippen molar-refractivity contribution < 1.29 is 4.57 Å². The standard InChI is InChI=1S/C12H16N3/c1-9-7-5-6-8-11(9)12-13-15(4)10(2)14(12)3/h5-8H,1-4H3/q+1. The lowest BCUT2D eigenvalue weighted by Crippen LogP contribution is -2.32. The van der Waals surface area contributed by atoms with E-state index in [1.54, 1.807) is 0 Å². The average molecular weight is 202 g/mol. The fraction of sp³-hybridized carbons (Fsp3) is 0.333. The minimum atomic E-state index is 1.02. The van der Waals surface area contributed by atoms with Crippen LogP contribution in [0, 0.1) is 13.8 Å². The van der Waals surface area contributed by atoms with Gasteiger partial charge in [-0.3, -0.25) is 0 Å². The van der Waals surface area contributed by atoms with Gasteiger partial charge < -0.3 is 0 Å². The third-order valence-electron chi connectivity index (χ3n) is 2.90. The lowest BCUT2D eigenvalue weighted by Gasteiger charge is -1.98. The molecule has 0 bridgehead atoms. The highest BCUT2D eigenvalue weighted by molar-refractivity contribution is 5.56. The molecule has 1 aromatic carbocycles. The van der Waals surface area contributed by atoms with Crippen LogP contribution in [0.3, 0.4) is 0 Å². The molecule has 3 nitrogen and oxygen atoms in total. The third kappa shape index (κ3) is 1.54. The van der Waals surface area contributed by atoms with Gasteiger partial charge in [-0.2, -0.15) is 0 Å². The Balaban J connectivity index is 2.65. The van der Waals surface area contributed by atoms with Crippen LogP contribution in [0.15, 0.2) is 24.3 Å². The summed E-state index contributed by atoms with van der Waals surface area (Å²) in [5.41, 5.74) is 2.45. The molecule has 0 amide bonds. The molecule has 15 heavy (non-hydrogen) atoms. The third-order valence-corrected chi connectivity index (χ3v) is 2.90. The Morgan fingerprint density at radius 1 is 1.20 bits per heavy atom. The van der Waals surface area contributed by atoms with E-state index < -0.39 is 0 Å². The molecule has 0 aliphatic carbocycles. The van der Waals surface area contributed by atoms with Crippen molar-refractivity contribution in [2.75, 3.05) is 0 Å². The van der Waals surface area contributed by atoms with Crippen LogP contribution in [0.1, 0.15) is 11.4 Å². The van der Waals surface area contributed by atoms with Crippen LogP contribution < -0.4 is 4.57 Å². The normalized spacial score (nSPS) is 10.7. The van der Waals surface area contributed by atoms with Crippen molar-refractivity contribution in [2.45, 2.75) is 13.8 Å². The van der Waals surface area contributed by atoms with E-state index in [1.807, 2.05) is 24.8 Å². The first-order chi connectivity index (χ1) is 7.11. The molecular formula is C12H16N3+. The summed E-state index contributed by atoms with van der Waals surface area (Å²) in [5.74, 6) is 2.17. The fourth-order valence-corrected chi connectivity index (χ4v) is 1.71. The van der Waals surface area contributed by atoms with Gasteiger partial charge in [-0.1, -0.05) is 18.2 Å². The Labute approximate surface area is 90.0 Å². The largest absolute Gasteiger partial charge is 0.309 e. The number of aromatic nitrogens is 3. The molecule has 78 valence electrons. The average Bonchev–Trinajstić information content (AvgIpc) is 2.47. The summed E-state index contributed by atoms with van der Waals surface area (Å²) in [5, 5.41) is 4.52. The molecule has 0 aliphatic heterocycles. The minimum Gasteiger partial charge on any atom is -0.231 e. The Kier molecular flexibility index (Phi) is 2.31. The molecule has 2 rings (SSSR count). The van der Waals surface area contributed by atoms with E-state index in [4.69, 9.17) is 0 Å². The van der Waals surface area contributed by atoms with Gasteiger partial charge in [0.1, 0.15) is 0 Å². The number of aryl methyl sites for hydroxylation is 2. The highest BCUT2D eigenvalue weighted by atomic mass is 15.4. The first kappa shape index (κ1) is 9.90. The fourth-order valence-electron chi connectivity index (χ4n) is 1.71. The topological polar surface area (TPSA) is 21.7 Å². The molecule has 0 atom stereocenters. The number of hydrogen-bond donors (Lipinski definition) is 0. The zero-order chi connectivity index (χ0) is 11.0. The second-order valence-electron chi connectivity index (χ2n) is 3.87. The Bertz CT molecular complexity index is 498. The predicted molar refractivity (Wildman–Crippen MR) is 59.3 cm³/mol. The van der Waals surface area contributed by atoms with Gasteiger partial charge in [-0.15, -0.1) is 4.68 Å². The van der Waals surface area contributed by atoms with Crippen LogP contribution in [0.2, 0.25) is 0 Å². The van der Waals surface area contributed by atoms with E-state index in [2.05, 4.69) is 41.7 Å². The van der Waals surface area contributed by atoms with Gasteiger partial charge in [0.2, 0.25) is 5.82 Å². The van der Waals surface area contributed by atoms with Crippen molar-refractivity contribution in [1.82, 2.24) is 9.78 Å². The molecule has 0 fully saturated rings. The molecule has 0 aliphatic rings. The van der Waals surface area contributed by atoms with Gasteiger partial charge >= 0.3 is 5.82 Å². The monoisotopic (exact) mass is 202 g/mol. The van der Waals surface area contributed by atoms with Crippen molar-refractivity contribution >= 4 is 0 Å². The second-order valence-corrected chi connectivity index (χ2v) is 3.87. The van der Waals surface area contributed by atoms with E-state index in [9.17, 15) is 0 Å². The Morgan fingerprint density at radius 3 is 2.40 bits per heavy atom. The first-order valence-corrected chi connectivity index (χ1v) is 5.07. The smallest absolute Gasteiger partial charge is 0.231 e. The number of rotatable bonds is 1. The Hall–Kier alpha value is -1.64. The predicted octanol–water partition coefficient (Wildman–Crippen LogP) is 1.53. The molecule has 0 unspecified atom stereocenters. The van der Waals surface area contributed by atoms with Gasteiger partial charge in [0, 0.05) is 12.0 Å². The molecule has 0 spiro atoms. The number of nitrogens with zero attached hydrogens (tertiary/aromatic N) is 3. The molecule has 3 heteroatoms. The second kappa shape index (κ2) is 3.50. The van der Waals surface area contributed by atoms with E-state index >= 15 is 0 Å². The van der Waals surface area contributed by atoms with Crippen LogP contribution in [0.25, 0.3) is 11.4 Å². The van der Waals surface area contributed by atoms with Gasteiger partial charge in [0.15, 0.2) is 0 Å². The summed E-state index contributed by atoms with van der Waals surface area (Å²) >= 11 is 0. The van der Waals surface area contributed by atoms with Gasteiger partial charge in [-0.05, 0) is 18.6 Å². The number of benzene rings is 1. The lowest BCUT2D eigenvalue weighted by atomic mass is 10.1. The summed E-state index contributed by atoms with van der Waals surface area (Å²) in [7, 11) is 4.02. The summed E-state index contributed by atoms with van der Waals surface area (Å²) < 4.78 is 4.02. The maximum atomic E-state index is 4.52. The molecule has 0 saturated heterocycles. The zero-order valence-corrected chi connectivity index (χ0v) is 9.65. The van der Waals surface area contributed by atoms with Gasteiger partial charge in [-0.25, -0.2) is 4.57 Å². The van der Waals surface area contributed by atoms with E-state index in [0.29, 0.717) is 0 Å². The van der Waals surface area contributed by atoms with E-state index in [-0.39, 0.29) is 0 Å². The molecule has 0 radical (unpaired) electrons. The van der Waals surface area contributed by atoms with Crippen molar-refractivity contribution in [3.05, 3.63) is 35.7 Å². The highest BCUT2D eigenvalue weighted by Gasteiger charge is 2.19. The summed E-state index contributed by atoms with van der Waals surface area (Å²) in [4.78, 5) is 0. The van der Waals surface area contributed by atoms with Crippen LogP contribution in [0.4, 0.5) is 0 Å². The molecule has 0 N–H and O–H groups in total. The molecule has 0 saturated carbocycles. The maximum Gasteiger partial charge on any atom is 0.309 e. The summed E-state index contributed by atoms with van der Waals surface area (Å²) in [6.07, 6.45) is 0. The van der Waals surface area contributed by atoms with E-state index in [0.717, 1.165) is 11.6 Å². The minimum absolute atomic E-state index is 1.02. The summed E-state index contributed by atoms with van der Waals surface area (Å²) in [6, 6.07) is 8.32. The van der Waals surface area contributed by atoms with Crippen molar-refractivity contribution in [3.8, 4) is 11.4 Å². The van der Waals surface area contributed by atoms with Crippen LogP contribution >= 0.6 is 0 Å². The zero-order valence-electron chi connectivity index (χ0n) is 9.65. The molecule has 2 aromatic rings. The quantitative estimate of drug-likeness (QED) is 0.643. The van der Waals surface area contributed by atoms with Gasteiger partial charge in [0.25, 0.3) is 0 Å². The van der Waals surface area contributed by atoms with Crippen molar-refractivity contribution in [2.24, 2.45) is 14.1 Å². The van der Waals surface area contributed by atoms with Gasteiger partial charge in [0.05, 0.1) is 19.7 Å². The van der Waals surface area contributed by atoms with Crippen LogP contribution in [-0.2, 0) is 14.1 Å². The molecule has 1 aromatic heterocycles. The molecular weight excluding hydrogens is 186 g/mol. The summed E-state index contributed by atoms with van der Waals surface area (Å²) in [6.45, 7) is 4.17. The maximum absolute atomic E-state index is 4.52. The van der Waals surface area contributed by atoms with Crippen LogP contribution in [-0.4, -0.2) is 9.78 Å². The Morgan fingerprint density at radius 2 is 1.87 bits per heavy atom. The highest BCUT2D eigenvalue weighted by Crippen LogP contribution is 2.17. The number of hydrogen-bond acceptors (Lipinski definition) is 1. The first-order valence-electron chi connectivity index (χ1n) is 5.07. The lowest BCUT2D eigenvalue weighted by molar-refractivity contribution is -0.667. The SMILES string of the molecule is Cc1ccccc1-c1nn(C)c(C)[n+]1C. The van der Waals surface area contributed by atoms with E-state index in [1.165, 1.54) is 11.1 Å². The molecule has 1 heterocycles.